The van der Waals surface area contributed by atoms with Crippen LogP contribution < -0.4 is 26.2 Å². The lowest BCUT2D eigenvalue weighted by atomic mass is 9.33. The minimum absolute atomic E-state index is 0.111. The van der Waals surface area contributed by atoms with Gasteiger partial charge in [0, 0.05) is 50.2 Å². The minimum Gasteiger partial charge on any atom is -0.456 e. The number of para-hydroxylation sites is 3. The van der Waals surface area contributed by atoms with E-state index in [2.05, 4.69) is 319 Å². The second-order valence-electron chi connectivity index (χ2n) is 28.9. The Balaban J connectivity index is 1.08. The molecule has 2 aliphatic heterocycles. The molecule has 0 bridgehead atoms. The van der Waals surface area contributed by atoms with Gasteiger partial charge in [-0.25, -0.2) is 0 Å². The normalized spacial score (nSPS) is 13.8. The SMILES string of the molecule is [2H]c1c([2H])c([2H])c(-c2ccc3c(c2)N(c2c(-c4ccccc4)ccc4c2c2ccccc2n4-c2ccccc2C(C)(C)C)c2cc(-c4cccc(C(C)(C)C)c4)cc4c2B3c2ccc(-c3cccc(C(C)(C)C)c3)cc2N4c2cc(-c3ccccc3)cc3oc4ccccc4c23)c([2H])c1[2H]. The first kappa shape index (κ1) is 52.6. The molecule has 4 nitrogen and oxygen atoms in total. The third kappa shape index (κ3) is 9.57. The molecule has 458 valence electrons. The van der Waals surface area contributed by atoms with Gasteiger partial charge in [-0.1, -0.05) is 287 Å². The molecule has 17 rings (SSSR count). The Hall–Kier alpha value is -10.9. The van der Waals surface area contributed by atoms with Crippen LogP contribution in [-0.4, -0.2) is 11.3 Å². The fraction of sp³-hybridized carbons (Fsp3) is 0.133. The van der Waals surface area contributed by atoms with Gasteiger partial charge in [-0.2, -0.15) is 0 Å². The molecular weight excluding hydrogens is 1150 g/mol. The quantitative estimate of drug-likeness (QED) is 0.142. The van der Waals surface area contributed by atoms with Crippen molar-refractivity contribution in [3.8, 4) is 61.3 Å². The first-order chi connectivity index (χ1) is 48.1. The second-order valence-corrected chi connectivity index (χ2v) is 28.9. The number of fused-ring (bicyclic) bond motifs is 10. The van der Waals surface area contributed by atoms with Crippen molar-refractivity contribution in [1.82, 2.24) is 4.57 Å². The number of benzene rings is 13. The van der Waals surface area contributed by atoms with E-state index in [-0.39, 0.29) is 46.0 Å². The van der Waals surface area contributed by atoms with Gasteiger partial charge in [0.25, 0.3) is 6.71 Å². The summed E-state index contributed by atoms with van der Waals surface area (Å²) in [7, 11) is 0. The summed E-state index contributed by atoms with van der Waals surface area (Å²) in [5, 5.41) is 4.08. The van der Waals surface area contributed by atoms with Crippen molar-refractivity contribution in [1.29, 1.82) is 0 Å². The number of aromatic nitrogens is 1. The van der Waals surface area contributed by atoms with Crippen LogP contribution in [0.25, 0.3) is 105 Å². The minimum atomic E-state index is -0.436. The standard InChI is InChI=1S/C90H74BN3O/c1-88(2,3)66-35-25-33-60(49-66)63-44-47-72-77(52-63)93(79-53-65(58-29-15-11-16-30-58)56-83-84(79)70-38-20-24-42-82(70)95-83)80-54-64(61-34-26-36-67(50-61)89(4,5)6)55-81-86(80)91(72)73-46-43-62(57-27-13-10-14-28-57)51-78(73)94(81)87-68(59-31-17-12-18-32-59)45-48-76-85(87)69-37-19-22-40-74(69)92(76)75-41-23-21-39-71(75)90(7,8)9/h10-56H,1-9H3/i10D,13D,14D,27D,28D. The highest BCUT2D eigenvalue weighted by molar-refractivity contribution is 7.00. The zero-order valence-corrected chi connectivity index (χ0v) is 55.1. The van der Waals surface area contributed by atoms with Gasteiger partial charge < -0.3 is 18.8 Å². The third-order valence-electron chi connectivity index (χ3n) is 19.9. The molecule has 0 atom stereocenters. The summed E-state index contributed by atoms with van der Waals surface area (Å²) in [6.45, 7) is 20.0. The summed E-state index contributed by atoms with van der Waals surface area (Å²) in [5.74, 6) is 0. The van der Waals surface area contributed by atoms with Crippen LogP contribution in [0.15, 0.2) is 289 Å². The van der Waals surface area contributed by atoms with Crippen LogP contribution >= 0.6 is 0 Å². The molecule has 0 aliphatic carbocycles. The molecule has 0 fully saturated rings. The average molecular weight is 1230 g/mol. The van der Waals surface area contributed by atoms with Crippen LogP contribution in [-0.2, 0) is 16.2 Å². The predicted molar refractivity (Wildman–Crippen MR) is 405 cm³/mol. The molecule has 13 aromatic carbocycles. The molecule has 15 aromatic rings. The second kappa shape index (κ2) is 21.9. The Morgan fingerprint density at radius 3 is 1.54 bits per heavy atom. The summed E-state index contributed by atoms with van der Waals surface area (Å²) >= 11 is 0. The maximum Gasteiger partial charge on any atom is 0.252 e. The Bertz CT molecular complexity index is 5860. The molecule has 0 radical (unpaired) electrons. The van der Waals surface area contributed by atoms with E-state index in [9.17, 15) is 2.74 Å². The van der Waals surface area contributed by atoms with Crippen LogP contribution in [0.2, 0.25) is 0 Å². The van der Waals surface area contributed by atoms with Gasteiger partial charge in [0.1, 0.15) is 11.2 Å². The molecule has 2 aromatic heterocycles. The van der Waals surface area contributed by atoms with Crippen LogP contribution in [0, 0.1) is 0 Å². The number of rotatable bonds is 8. The Labute approximate surface area is 565 Å². The van der Waals surface area contributed by atoms with Crippen LogP contribution in [0.5, 0.6) is 0 Å². The van der Waals surface area contributed by atoms with Crippen molar-refractivity contribution < 1.29 is 11.3 Å². The predicted octanol–water partition coefficient (Wildman–Crippen LogP) is 23.0. The Morgan fingerprint density at radius 1 is 0.337 bits per heavy atom. The van der Waals surface area contributed by atoms with Crippen molar-refractivity contribution in [3.05, 3.63) is 302 Å². The number of anilines is 6. The number of nitrogens with zero attached hydrogens (tertiary/aromatic N) is 3. The van der Waals surface area contributed by atoms with E-state index in [1.165, 1.54) is 16.7 Å². The summed E-state index contributed by atoms with van der Waals surface area (Å²) in [6.07, 6.45) is 0. The molecule has 0 N–H and O–H groups in total. The lowest BCUT2D eigenvalue weighted by molar-refractivity contribution is 0.587. The van der Waals surface area contributed by atoms with E-state index in [1.807, 2.05) is 12.1 Å². The van der Waals surface area contributed by atoms with Crippen molar-refractivity contribution in [2.24, 2.45) is 0 Å². The molecule has 0 amide bonds. The van der Waals surface area contributed by atoms with Crippen LogP contribution in [0.4, 0.5) is 34.1 Å². The molecule has 5 heteroatoms. The lowest BCUT2D eigenvalue weighted by Gasteiger charge is -2.45. The van der Waals surface area contributed by atoms with Gasteiger partial charge in [0.15, 0.2) is 0 Å². The molecular formula is C90H74BN3O. The molecule has 2 aliphatic rings. The van der Waals surface area contributed by atoms with Gasteiger partial charge in [-0.05, 0) is 160 Å². The van der Waals surface area contributed by atoms with Gasteiger partial charge in [0.2, 0.25) is 0 Å². The number of furan rings is 1. The van der Waals surface area contributed by atoms with E-state index >= 15 is 0 Å². The first-order valence-corrected chi connectivity index (χ1v) is 33.2. The molecule has 95 heavy (non-hydrogen) atoms. The fourth-order valence-electron chi connectivity index (χ4n) is 15.2. The highest BCUT2D eigenvalue weighted by Crippen LogP contribution is 2.55. The monoisotopic (exact) mass is 1230 g/mol. The zero-order chi connectivity index (χ0) is 69.0. The van der Waals surface area contributed by atoms with E-state index in [0.29, 0.717) is 5.56 Å². The summed E-state index contributed by atoms with van der Waals surface area (Å²) in [5.41, 5.74) is 25.6. The smallest absolute Gasteiger partial charge is 0.252 e. The van der Waals surface area contributed by atoms with E-state index in [1.54, 1.807) is 0 Å². The topological polar surface area (TPSA) is 24.6 Å². The Kier molecular flexibility index (Phi) is 12.1. The largest absolute Gasteiger partial charge is 0.456 e. The van der Waals surface area contributed by atoms with Gasteiger partial charge in [-0.15, -0.1) is 0 Å². The van der Waals surface area contributed by atoms with E-state index in [4.69, 9.17) is 8.53 Å². The Morgan fingerprint density at radius 2 is 0.863 bits per heavy atom. The lowest BCUT2D eigenvalue weighted by Crippen LogP contribution is -2.61. The van der Waals surface area contributed by atoms with Gasteiger partial charge in [0.05, 0.1) is 34.6 Å². The summed E-state index contributed by atoms with van der Waals surface area (Å²) in [6, 6.07) is 90.9. The summed E-state index contributed by atoms with van der Waals surface area (Å²) in [4.78, 5) is 5.05. The highest BCUT2D eigenvalue weighted by Gasteiger charge is 2.46. The third-order valence-corrected chi connectivity index (χ3v) is 19.9. The van der Waals surface area contributed by atoms with Crippen LogP contribution in [0.1, 0.15) is 85.9 Å². The van der Waals surface area contributed by atoms with E-state index < -0.39 is 12.8 Å². The summed E-state index contributed by atoms with van der Waals surface area (Å²) < 4.78 is 55.9. The molecule has 0 saturated heterocycles. The molecule has 0 saturated carbocycles. The van der Waals surface area contributed by atoms with Gasteiger partial charge >= 0.3 is 0 Å². The molecule has 0 spiro atoms. The van der Waals surface area contributed by atoms with Crippen molar-refractivity contribution in [2.45, 2.75) is 78.6 Å². The van der Waals surface area contributed by atoms with Crippen molar-refractivity contribution >= 4 is 101 Å². The van der Waals surface area contributed by atoms with E-state index in [0.717, 1.165) is 144 Å². The first-order valence-electron chi connectivity index (χ1n) is 35.7. The van der Waals surface area contributed by atoms with Crippen molar-refractivity contribution in [3.63, 3.8) is 0 Å². The van der Waals surface area contributed by atoms with Crippen LogP contribution in [0.3, 0.4) is 0 Å². The molecule has 4 heterocycles. The average Bonchev–Trinajstić information content (AvgIpc) is 0.779. The van der Waals surface area contributed by atoms with Crippen molar-refractivity contribution in [2.75, 3.05) is 9.80 Å². The highest BCUT2D eigenvalue weighted by atomic mass is 16.3. The fourth-order valence-corrected chi connectivity index (χ4v) is 15.2. The maximum absolute atomic E-state index is 9.64. The maximum atomic E-state index is 9.64. The van der Waals surface area contributed by atoms with Gasteiger partial charge in [-0.3, -0.25) is 0 Å². The zero-order valence-electron chi connectivity index (χ0n) is 60.1. The molecule has 0 unspecified atom stereocenters. The number of hydrogen-bond acceptors (Lipinski definition) is 3. The number of hydrogen-bond donors (Lipinski definition) is 0.